The van der Waals surface area contributed by atoms with Gasteiger partial charge in [0.15, 0.2) is 0 Å². The van der Waals surface area contributed by atoms with E-state index in [4.69, 9.17) is 23.1 Å². The summed E-state index contributed by atoms with van der Waals surface area (Å²) in [6.45, 7) is 3.74. The summed E-state index contributed by atoms with van der Waals surface area (Å²) in [7, 11) is 0. The summed E-state index contributed by atoms with van der Waals surface area (Å²) in [6, 6.07) is 4.11. The minimum atomic E-state index is -0.206. The van der Waals surface area contributed by atoms with Crippen molar-refractivity contribution in [3.05, 3.63) is 21.3 Å². The molecule has 0 bridgehead atoms. The molecule has 20 heavy (non-hydrogen) atoms. The van der Waals surface area contributed by atoms with Crippen molar-refractivity contribution in [3.63, 3.8) is 0 Å². The number of nitrogens with two attached hydrogens (primary N) is 2. The summed E-state index contributed by atoms with van der Waals surface area (Å²) in [5, 5.41) is 0. The molecule has 2 heterocycles. The predicted octanol–water partition coefficient (Wildman–Crippen LogP) is 2.38. The molecule has 1 amide bonds. The summed E-state index contributed by atoms with van der Waals surface area (Å²) in [4.78, 5) is 14.9. The number of hydrogen-bond acceptors (Lipinski definition) is 4. The topological polar surface area (TPSA) is 72.3 Å². The Morgan fingerprint density at radius 3 is 2.90 bits per heavy atom. The molecule has 1 aliphatic heterocycles. The van der Waals surface area contributed by atoms with Gasteiger partial charge in [0.2, 0.25) is 5.91 Å². The van der Waals surface area contributed by atoms with E-state index < -0.39 is 0 Å². The lowest BCUT2D eigenvalue weighted by atomic mass is 9.93. The fourth-order valence-corrected chi connectivity index (χ4v) is 4.14. The number of carbonyl (C=O) groups is 1. The third kappa shape index (κ3) is 3.52. The quantitative estimate of drug-likeness (QED) is 0.876. The van der Waals surface area contributed by atoms with Crippen LogP contribution in [0.2, 0.25) is 4.34 Å². The molecular weight excluding hydrogens is 294 g/mol. The molecule has 6 heteroatoms. The highest BCUT2D eigenvalue weighted by Crippen LogP contribution is 2.35. The van der Waals surface area contributed by atoms with Gasteiger partial charge in [-0.3, -0.25) is 9.69 Å². The van der Waals surface area contributed by atoms with Crippen molar-refractivity contribution in [2.45, 2.75) is 38.3 Å². The van der Waals surface area contributed by atoms with E-state index in [0.717, 1.165) is 30.1 Å². The molecule has 0 aromatic carbocycles. The Morgan fingerprint density at radius 1 is 1.60 bits per heavy atom. The van der Waals surface area contributed by atoms with Gasteiger partial charge < -0.3 is 11.5 Å². The van der Waals surface area contributed by atoms with Crippen molar-refractivity contribution in [2.75, 3.05) is 13.1 Å². The molecule has 1 aliphatic rings. The van der Waals surface area contributed by atoms with Gasteiger partial charge in [-0.05, 0) is 37.9 Å². The number of nitrogens with zero attached hydrogens (tertiary/aromatic N) is 1. The molecule has 0 aliphatic carbocycles. The fourth-order valence-electron chi connectivity index (χ4n) is 2.86. The van der Waals surface area contributed by atoms with Crippen LogP contribution in [-0.4, -0.2) is 29.9 Å². The molecule has 1 aromatic heterocycles. The molecule has 0 spiro atoms. The SMILES string of the molecule is CCC(N)C(c1ccc(Cl)s1)N1CCCC(C(N)=O)C1. The molecule has 4 N–H and O–H groups in total. The van der Waals surface area contributed by atoms with Gasteiger partial charge in [0.1, 0.15) is 0 Å². The number of rotatable bonds is 5. The molecule has 1 aromatic rings. The minimum Gasteiger partial charge on any atom is -0.369 e. The van der Waals surface area contributed by atoms with Crippen LogP contribution in [0.4, 0.5) is 0 Å². The number of halogens is 1. The van der Waals surface area contributed by atoms with Crippen LogP contribution in [0.3, 0.4) is 0 Å². The minimum absolute atomic E-state index is 0.0383. The highest BCUT2D eigenvalue weighted by molar-refractivity contribution is 7.16. The summed E-state index contributed by atoms with van der Waals surface area (Å²) >= 11 is 7.63. The van der Waals surface area contributed by atoms with Gasteiger partial charge in [-0.2, -0.15) is 0 Å². The zero-order valence-electron chi connectivity index (χ0n) is 11.7. The van der Waals surface area contributed by atoms with E-state index in [9.17, 15) is 4.79 Å². The molecule has 3 atom stereocenters. The van der Waals surface area contributed by atoms with Crippen LogP contribution in [-0.2, 0) is 4.79 Å². The molecule has 4 nitrogen and oxygen atoms in total. The van der Waals surface area contributed by atoms with Crippen LogP contribution >= 0.6 is 22.9 Å². The Morgan fingerprint density at radius 2 is 2.35 bits per heavy atom. The van der Waals surface area contributed by atoms with Gasteiger partial charge in [0.05, 0.1) is 16.3 Å². The van der Waals surface area contributed by atoms with Crippen LogP contribution < -0.4 is 11.5 Å². The third-order valence-electron chi connectivity index (χ3n) is 4.01. The maximum atomic E-state index is 11.4. The molecule has 1 saturated heterocycles. The van der Waals surface area contributed by atoms with Crippen LogP contribution in [0.15, 0.2) is 12.1 Å². The second kappa shape index (κ2) is 6.89. The van der Waals surface area contributed by atoms with Crippen molar-refractivity contribution < 1.29 is 4.79 Å². The van der Waals surface area contributed by atoms with Crippen molar-refractivity contribution in [1.29, 1.82) is 0 Å². The monoisotopic (exact) mass is 315 g/mol. The van der Waals surface area contributed by atoms with E-state index >= 15 is 0 Å². The fraction of sp³-hybridized carbons (Fsp3) is 0.643. The Hall–Kier alpha value is -0.620. The van der Waals surface area contributed by atoms with Gasteiger partial charge in [0.25, 0.3) is 0 Å². The largest absolute Gasteiger partial charge is 0.369 e. The first-order valence-electron chi connectivity index (χ1n) is 7.07. The normalized spacial score (nSPS) is 23.4. The van der Waals surface area contributed by atoms with Gasteiger partial charge in [-0.25, -0.2) is 0 Å². The summed E-state index contributed by atoms with van der Waals surface area (Å²) in [5.74, 6) is -0.270. The zero-order valence-corrected chi connectivity index (χ0v) is 13.3. The van der Waals surface area contributed by atoms with E-state index in [1.807, 2.05) is 12.1 Å². The van der Waals surface area contributed by atoms with Crippen molar-refractivity contribution in [1.82, 2.24) is 4.90 Å². The lowest BCUT2D eigenvalue weighted by Crippen LogP contribution is -2.47. The predicted molar refractivity (Wildman–Crippen MR) is 83.8 cm³/mol. The van der Waals surface area contributed by atoms with Gasteiger partial charge in [-0.15, -0.1) is 11.3 Å². The van der Waals surface area contributed by atoms with E-state index in [-0.39, 0.29) is 23.9 Å². The summed E-state index contributed by atoms with van der Waals surface area (Å²) in [5.41, 5.74) is 11.8. The molecule has 0 radical (unpaired) electrons. The molecule has 0 saturated carbocycles. The van der Waals surface area contributed by atoms with Crippen LogP contribution in [0.1, 0.15) is 37.1 Å². The lowest BCUT2D eigenvalue weighted by molar-refractivity contribution is -0.123. The first-order chi connectivity index (χ1) is 9.52. The number of carbonyl (C=O) groups excluding carboxylic acids is 1. The van der Waals surface area contributed by atoms with Crippen molar-refractivity contribution in [2.24, 2.45) is 17.4 Å². The average Bonchev–Trinajstić information content (AvgIpc) is 2.85. The number of thiophene rings is 1. The van der Waals surface area contributed by atoms with Gasteiger partial charge >= 0.3 is 0 Å². The van der Waals surface area contributed by atoms with E-state index in [1.54, 1.807) is 11.3 Å². The average molecular weight is 316 g/mol. The number of likely N-dealkylation sites (tertiary alicyclic amines) is 1. The van der Waals surface area contributed by atoms with Crippen LogP contribution in [0.5, 0.6) is 0 Å². The van der Waals surface area contributed by atoms with Crippen molar-refractivity contribution >= 4 is 28.8 Å². The molecule has 2 rings (SSSR count). The highest BCUT2D eigenvalue weighted by atomic mass is 35.5. The Bertz CT molecular complexity index is 465. The van der Waals surface area contributed by atoms with Crippen molar-refractivity contribution in [3.8, 4) is 0 Å². The van der Waals surface area contributed by atoms with E-state index in [0.29, 0.717) is 6.54 Å². The Balaban J connectivity index is 2.20. The van der Waals surface area contributed by atoms with Crippen LogP contribution in [0.25, 0.3) is 0 Å². The smallest absolute Gasteiger partial charge is 0.221 e. The molecule has 3 unspecified atom stereocenters. The van der Waals surface area contributed by atoms with Gasteiger partial charge in [0, 0.05) is 17.5 Å². The number of hydrogen-bond donors (Lipinski definition) is 2. The maximum Gasteiger partial charge on any atom is 0.221 e. The zero-order chi connectivity index (χ0) is 14.7. The first-order valence-corrected chi connectivity index (χ1v) is 8.26. The molecule has 112 valence electrons. The number of piperidine rings is 1. The number of primary amides is 1. The molecular formula is C14H22ClN3OS. The highest BCUT2D eigenvalue weighted by Gasteiger charge is 2.32. The van der Waals surface area contributed by atoms with E-state index in [2.05, 4.69) is 11.8 Å². The maximum absolute atomic E-state index is 11.4. The summed E-state index contributed by atoms with van der Waals surface area (Å²) in [6.07, 6.45) is 2.75. The second-order valence-electron chi connectivity index (χ2n) is 5.40. The second-order valence-corrected chi connectivity index (χ2v) is 7.14. The van der Waals surface area contributed by atoms with E-state index in [1.165, 1.54) is 4.88 Å². The lowest BCUT2D eigenvalue weighted by Gasteiger charge is -2.39. The third-order valence-corrected chi connectivity index (χ3v) is 5.31. The Labute approximate surface area is 129 Å². The standard InChI is InChI=1S/C14H22ClN3OS/c1-2-10(16)13(11-5-6-12(15)20-11)18-7-3-4-9(8-18)14(17)19/h5-6,9-10,13H,2-4,7-8,16H2,1H3,(H2,17,19). The van der Waals surface area contributed by atoms with Gasteiger partial charge in [-0.1, -0.05) is 18.5 Å². The Kier molecular flexibility index (Phi) is 5.43. The molecule has 1 fully saturated rings. The summed E-state index contributed by atoms with van der Waals surface area (Å²) < 4.78 is 0.775. The number of amides is 1. The first kappa shape index (κ1) is 15.8. The van der Waals surface area contributed by atoms with Crippen LogP contribution in [0, 0.1) is 5.92 Å².